The summed E-state index contributed by atoms with van der Waals surface area (Å²) in [7, 11) is 1.52. The number of methoxy groups -OCH3 is 1. The fourth-order valence-electron chi connectivity index (χ4n) is 3.19. The molecule has 2 aromatic rings. The van der Waals surface area contributed by atoms with Gasteiger partial charge >= 0.3 is 6.18 Å². The molecule has 1 heterocycles. The topological polar surface area (TPSA) is 64.1 Å². The summed E-state index contributed by atoms with van der Waals surface area (Å²) in [5, 5.41) is 2.65. The number of nitrogens with one attached hydrogen (secondary N) is 1. The number of aromatic nitrogens is 2. The summed E-state index contributed by atoms with van der Waals surface area (Å²) in [6.07, 6.45) is -3.83. The number of thioether (sulfide) groups is 1. The van der Waals surface area contributed by atoms with Crippen molar-refractivity contribution >= 4 is 17.7 Å². The molecule has 0 saturated carbocycles. The number of ether oxygens (including phenoxy) is 1. The Morgan fingerprint density at radius 3 is 2.75 bits per heavy atom. The molecule has 1 aliphatic rings. The predicted octanol–water partition coefficient (Wildman–Crippen LogP) is 3.50. The van der Waals surface area contributed by atoms with Crippen LogP contribution in [0.4, 0.5) is 13.2 Å². The van der Waals surface area contributed by atoms with Gasteiger partial charge < -0.3 is 10.1 Å². The lowest BCUT2D eigenvalue weighted by Gasteiger charge is -2.22. The van der Waals surface area contributed by atoms with Crippen LogP contribution in [0.5, 0.6) is 0 Å². The number of fused-ring (bicyclic) bond motifs is 3. The van der Waals surface area contributed by atoms with Crippen molar-refractivity contribution in [3.05, 3.63) is 41.1 Å². The third-order valence-corrected chi connectivity index (χ3v) is 5.18. The molecule has 1 aliphatic carbocycles. The van der Waals surface area contributed by atoms with Crippen LogP contribution in [0, 0.1) is 0 Å². The van der Waals surface area contributed by atoms with Crippen molar-refractivity contribution in [2.45, 2.75) is 37.1 Å². The van der Waals surface area contributed by atoms with E-state index < -0.39 is 11.9 Å². The molecule has 0 unspecified atom stereocenters. The zero-order chi connectivity index (χ0) is 20.3. The fourth-order valence-corrected chi connectivity index (χ4v) is 3.84. The summed E-state index contributed by atoms with van der Waals surface area (Å²) in [6, 6.07) is 7.11. The SMILES string of the molecule is COC[C@H](C)NC(=O)CSc1nc2c(c(C(F)(F)F)n1)CCc1ccccc1-2. The van der Waals surface area contributed by atoms with Gasteiger partial charge in [0, 0.05) is 24.3 Å². The van der Waals surface area contributed by atoms with E-state index in [1.807, 2.05) is 12.1 Å². The lowest BCUT2D eigenvalue weighted by molar-refractivity contribution is -0.142. The van der Waals surface area contributed by atoms with Crippen LogP contribution < -0.4 is 5.32 Å². The number of nitrogens with zero attached hydrogens (tertiary/aromatic N) is 2. The van der Waals surface area contributed by atoms with Gasteiger partial charge in [0.2, 0.25) is 5.91 Å². The number of aryl methyl sites for hydroxylation is 1. The number of amides is 1. The summed E-state index contributed by atoms with van der Waals surface area (Å²) in [6.45, 7) is 2.13. The predicted molar refractivity (Wildman–Crippen MR) is 100 cm³/mol. The Labute approximate surface area is 165 Å². The van der Waals surface area contributed by atoms with E-state index >= 15 is 0 Å². The largest absolute Gasteiger partial charge is 0.433 e. The minimum Gasteiger partial charge on any atom is -0.383 e. The molecule has 0 spiro atoms. The lowest BCUT2D eigenvalue weighted by Crippen LogP contribution is -2.36. The molecular formula is C19H20F3N3O2S. The first-order chi connectivity index (χ1) is 13.3. The highest BCUT2D eigenvalue weighted by atomic mass is 32.2. The van der Waals surface area contributed by atoms with Gasteiger partial charge in [0.1, 0.15) is 0 Å². The van der Waals surface area contributed by atoms with Crippen molar-refractivity contribution in [3.63, 3.8) is 0 Å². The van der Waals surface area contributed by atoms with Crippen molar-refractivity contribution in [1.29, 1.82) is 0 Å². The number of hydrogen-bond acceptors (Lipinski definition) is 5. The molecule has 1 amide bonds. The number of benzene rings is 1. The zero-order valence-corrected chi connectivity index (χ0v) is 16.3. The number of carbonyl (C=O) groups is 1. The van der Waals surface area contributed by atoms with E-state index in [-0.39, 0.29) is 34.8 Å². The van der Waals surface area contributed by atoms with E-state index in [9.17, 15) is 18.0 Å². The molecule has 0 bridgehead atoms. The van der Waals surface area contributed by atoms with Gasteiger partial charge in [-0.05, 0) is 25.3 Å². The molecule has 5 nitrogen and oxygen atoms in total. The van der Waals surface area contributed by atoms with Gasteiger partial charge in [-0.1, -0.05) is 36.0 Å². The fraction of sp³-hybridized carbons (Fsp3) is 0.421. The molecule has 1 N–H and O–H groups in total. The van der Waals surface area contributed by atoms with E-state index in [2.05, 4.69) is 15.3 Å². The number of halogens is 3. The van der Waals surface area contributed by atoms with Crippen LogP contribution in [0.1, 0.15) is 23.7 Å². The Hall–Kier alpha value is -2.13. The van der Waals surface area contributed by atoms with Crippen LogP contribution in [0.15, 0.2) is 29.4 Å². The van der Waals surface area contributed by atoms with Crippen LogP contribution in [-0.4, -0.2) is 41.4 Å². The van der Waals surface area contributed by atoms with Crippen LogP contribution in [0.25, 0.3) is 11.3 Å². The van der Waals surface area contributed by atoms with Crippen LogP contribution in [-0.2, 0) is 28.5 Å². The van der Waals surface area contributed by atoms with Crippen molar-refractivity contribution in [2.75, 3.05) is 19.5 Å². The Morgan fingerprint density at radius 2 is 2.04 bits per heavy atom. The number of alkyl halides is 3. The lowest BCUT2D eigenvalue weighted by atomic mass is 9.88. The summed E-state index contributed by atoms with van der Waals surface area (Å²) in [5.74, 6) is -0.393. The van der Waals surface area contributed by atoms with Crippen LogP contribution in [0.2, 0.25) is 0 Å². The van der Waals surface area contributed by atoms with E-state index in [1.165, 1.54) is 7.11 Å². The molecule has 0 fully saturated rings. The number of rotatable bonds is 6. The van der Waals surface area contributed by atoms with Crippen LogP contribution >= 0.6 is 11.8 Å². The highest BCUT2D eigenvalue weighted by molar-refractivity contribution is 7.99. The maximum absolute atomic E-state index is 13.6. The van der Waals surface area contributed by atoms with E-state index in [0.29, 0.717) is 24.3 Å². The average Bonchev–Trinajstić information content (AvgIpc) is 2.65. The monoisotopic (exact) mass is 411 g/mol. The van der Waals surface area contributed by atoms with E-state index in [4.69, 9.17) is 4.74 Å². The smallest absolute Gasteiger partial charge is 0.383 e. The molecule has 0 radical (unpaired) electrons. The normalized spacial score (nSPS) is 14.2. The first-order valence-electron chi connectivity index (χ1n) is 8.77. The molecule has 0 saturated heterocycles. The van der Waals surface area contributed by atoms with Crippen molar-refractivity contribution < 1.29 is 22.7 Å². The van der Waals surface area contributed by atoms with Gasteiger partial charge in [0.05, 0.1) is 18.1 Å². The molecule has 3 rings (SSSR count). The summed E-state index contributed by atoms with van der Waals surface area (Å²) in [4.78, 5) is 20.1. The van der Waals surface area contributed by atoms with Gasteiger partial charge in [-0.25, -0.2) is 9.97 Å². The average molecular weight is 411 g/mol. The highest BCUT2D eigenvalue weighted by Crippen LogP contribution is 2.40. The Bertz CT molecular complexity index is 874. The summed E-state index contributed by atoms with van der Waals surface area (Å²) < 4.78 is 45.7. The summed E-state index contributed by atoms with van der Waals surface area (Å²) >= 11 is 0.891. The molecular weight excluding hydrogens is 391 g/mol. The van der Waals surface area contributed by atoms with Gasteiger partial charge in [-0.3, -0.25) is 4.79 Å². The molecule has 9 heteroatoms. The third-order valence-electron chi connectivity index (χ3n) is 4.33. The minimum absolute atomic E-state index is 0.0580. The van der Waals surface area contributed by atoms with Crippen molar-refractivity contribution in [1.82, 2.24) is 15.3 Å². The highest BCUT2D eigenvalue weighted by Gasteiger charge is 2.38. The minimum atomic E-state index is -4.58. The number of hydrogen-bond donors (Lipinski definition) is 1. The maximum Gasteiger partial charge on any atom is 0.433 e. The Morgan fingerprint density at radius 1 is 1.29 bits per heavy atom. The van der Waals surface area contributed by atoms with Gasteiger partial charge in [0.25, 0.3) is 0 Å². The van der Waals surface area contributed by atoms with E-state index in [1.54, 1.807) is 19.1 Å². The van der Waals surface area contributed by atoms with E-state index in [0.717, 1.165) is 17.3 Å². The molecule has 1 atom stereocenters. The molecule has 1 aromatic heterocycles. The van der Waals surface area contributed by atoms with Crippen molar-refractivity contribution in [3.8, 4) is 11.3 Å². The molecule has 150 valence electrons. The second-order valence-corrected chi connectivity index (χ2v) is 7.49. The number of carbonyl (C=O) groups excluding carboxylic acids is 1. The first-order valence-corrected chi connectivity index (χ1v) is 9.75. The standard InChI is InChI=1S/C19H20F3N3O2S/c1-11(9-27-2)23-15(26)10-28-18-24-16-13-6-4-3-5-12(13)7-8-14(16)17(25-18)19(20,21)22/h3-6,11H,7-10H2,1-2H3,(H,23,26)/t11-/m0/s1. The van der Waals surface area contributed by atoms with Gasteiger partial charge in [-0.2, -0.15) is 13.2 Å². The van der Waals surface area contributed by atoms with Gasteiger partial charge in [0.15, 0.2) is 10.9 Å². The van der Waals surface area contributed by atoms with Crippen molar-refractivity contribution in [2.24, 2.45) is 0 Å². The summed E-state index contributed by atoms with van der Waals surface area (Å²) in [5.41, 5.74) is 1.16. The quantitative estimate of drug-likeness (QED) is 0.582. The third kappa shape index (κ3) is 4.64. The molecule has 0 aliphatic heterocycles. The molecule has 28 heavy (non-hydrogen) atoms. The zero-order valence-electron chi connectivity index (χ0n) is 15.5. The van der Waals surface area contributed by atoms with Crippen LogP contribution in [0.3, 0.4) is 0 Å². The maximum atomic E-state index is 13.6. The first kappa shape index (κ1) is 20.6. The van der Waals surface area contributed by atoms with Gasteiger partial charge in [-0.15, -0.1) is 0 Å². The second-order valence-electron chi connectivity index (χ2n) is 6.55. The Kier molecular flexibility index (Phi) is 6.24. The molecule has 1 aromatic carbocycles. The second kappa shape index (κ2) is 8.48. The Balaban J connectivity index is 1.88.